The number of likely N-dealkylation sites (tertiary alicyclic amines) is 1. The van der Waals surface area contributed by atoms with E-state index in [9.17, 15) is 5.11 Å². The number of aliphatic hydroxyl groups is 1. The highest BCUT2D eigenvalue weighted by molar-refractivity contribution is 9.10. The van der Waals surface area contributed by atoms with Crippen molar-refractivity contribution in [1.29, 1.82) is 0 Å². The van der Waals surface area contributed by atoms with Crippen LogP contribution in [0.5, 0.6) is 0 Å². The highest BCUT2D eigenvalue weighted by Gasteiger charge is 2.40. The third-order valence-electron chi connectivity index (χ3n) is 3.30. The monoisotopic (exact) mass is 273 g/mol. The molecule has 1 N–H and O–H groups in total. The lowest BCUT2D eigenvalue weighted by Crippen LogP contribution is -2.45. The zero-order chi connectivity index (χ0) is 11.1. The fourth-order valence-corrected chi connectivity index (χ4v) is 2.73. The molecule has 84 valence electrons. The molecule has 1 aromatic rings. The molecule has 2 rings (SSSR count). The van der Waals surface area contributed by atoms with Crippen LogP contribution in [0.1, 0.15) is 25.5 Å². The predicted molar refractivity (Wildman–Crippen MR) is 61.6 cm³/mol. The van der Waals surface area contributed by atoms with Gasteiger partial charge in [-0.15, -0.1) is 0 Å². The van der Waals surface area contributed by atoms with E-state index in [1.54, 1.807) is 6.26 Å². The normalized spacial score (nSPS) is 33.2. The molecule has 1 saturated heterocycles. The molecule has 15 heavy (non-hydrogen) atoms. The summed E-state index contributed by atoms with van der Waals surface area (Å²) in [6.07, 6.45) is 3.05. The molecule has 0 amide bonds. The Kier molecular flexibility index (Phi) is 2.92. The number of furan rings is 1. The molecule has 2 atom stereocenters. The minimum atomic E-state index is -0.811. The number of hydrogen-bond donors (Lipinski definition) is 1. The summed E-state index contributed by atoms with van der Waals surface area (Å²) in [4.78, 5) is 2.26. The van der Waals surface area contributed by atoms with Gasteiger partial charge in [-0.3, -0.25) is 0 Å². The Balaban J connectivity index is 2.25. The third kappa shape index (κ3) is 1.98. The zero-order valence-corrected chi connectivity index (χ0v) is 10.6. The van der Waals surface area contributed by atoms with Crippen LogP contribution in [0.15, 0.2) is 21.2 Å². The minimum absolute atomic E-state index is 0.376. The molecule has 0 bridgehead atoms. The van der Waals surface area contributed by atoms with E-state index in [4.69, 9.17) is 4.42 Å². The summed E-state index contributed by atoms with van der Waals surface area (Å²) in [6.45, 7) is 3.02. The van der Waals surface area contributed by atoms with Gasteiger partial charge in [-0.05, 0) is 48.8 Å². The predicted octanol–water partition coefficient (Wildman–Crippen LogP) is 2.34. The van der Waals surface area contributed by atoms with Gasteiger partial charge in [0.25, 0.3) is 0 Å². The van der Waals surface area contributed by atoms with Gasteiger partial charge >= 0.3 is 0 Å². The SMILES string of the molecule is CC1CC(O)(c2occc2Br)CCN1C. The standard InChI is InChI=1S/C11H16BrNO2/c1-8-7-11(14,4-5-13(8)2)10-9(12)3-6-15-10/h3,6,8,14H,4-5,7H2,1-2H3. The molecule has 0 saturated carbocycles. The van der Waals surface area contributed by atoms with E-state index in [0.717, 1.165) is 23.9 Å². The summed E-state index contributed by atoms with van der Waals surface area (Å²) in [5.41, 5.74) is -0.811. The van der Waals surface area contributed by atoms with Gasteiger partial charge in [0, 0.05) is 12.6 Å². The van der Waals surface area contributed by atoms with E-state index < -0.39 is 5.60 Å². The quantitative estimate of drug-likeness (QED) is 0.854. The van der Waals surface area contributed by atoms with Gasteiger partial charge in [0.05, 0.1) is 10.7 Å². The molecule has 2 heterocycles. The van der Waals surface area contributed by atoms with Crippen molar-refractivity contribution in [2.75, 3.05) is 13.6 Å². The lowest BCUT2D eigenvalue weighted by atomic mass is 9.85. The second-order valence-corrected chi connectivity index (χ2v) is 5.27. The summed E-state index contributed by atoms with van der Waals surface area (Å²) >= 11 is 3.40. The molecular formula is C11H16BrNO2. The number of nitrogens with zero attached hydrogens (tertiary/aromatic N) is 1. The van der Waals surface area contributed by atoms with Crippen LogP contribution in [-0.2, 0) is 5.60 Å². The maximum Gasteiger partial charge on any atom is 0.149 e. The number of halogens is 1. The first-order valence-electron chi connectivity index (χ1n) is 5.19. The van der Waals surface area contributed by atoms with E-state index in [1.807, 2.05) is 6.07 Å². The fraction of sp³-hybridized carbons (Fsp3) is 0.636. The first-order chi connectivity index (χ1) is 7.03. The molecule has 1 fully saturated rings. The van der Waals surface area contributed by atoms with Crippen molar-refractivity contribution >= 4 is 15.9 Å². The Morgan fingerprint density at radius 3 is 2.93 bits per heavy atom. The van der Waals surface area contributed by atoms with Gasteiger partial charge in [-0.1, -0.05) is 0 Å². The maximum atomic E-state index is 10.6. The third-order valence-corrected chi connectivity index (χ3v) is 3.93. The van der Waals surface area contributed by atoms with Gasteiger partial charge in [0.1, 0.15) is 11.4 Å². The van der Waals surface area contributed by atoms with Gasteiger partial charge in [0.2, 0.25) is 0 Å². The maximum absolute atomic E-state index is 10.6. The lowest BCUT2D eigenvalue weighted by molar-refractivity contribution is -0.0564. The van der Waals surface area contributed by atoms with E-state index in [-0.39, 0.29) is 0 Å². The molecule has 3 nitrogen and oxygen atoms in total. The van der Waals surface area contributed by atoms with Gasteiger partial charge in [0.15, 0.2) is 0 Å². The van der Waals surface area contributed by atoms with Crippen LogP contribution in [0.2, 0.25) is 0 Å². The second-order valence-electron chi connectivity index (χ2n) is 4.41. The second kappa shape index (κ2) is 3.92. The van der Waals surface area contributed by atoms with Crippen molar-refractivity contribution in [3.8, 4) is 0 Å². The van der Waals surface area contributed by atoms with Gasteiger partial charge in [-0.2, -0.15) is 0 Å². The molecule has 4 heteroatoms. The summed E-state index contributed by atoms with van der Waals surface area (Å²) < 4.78 is 6.24. The Morgan fingerprint density at radius 1 is 1.67 bits per heavy atom. The van der Waals surface area contributed by atoms with Crippen LogP contribution in [0.25, 0.3) is 0 Å². The molecule has 0 aromatic carbocycles. The highest BCUT2D eigenvalue weighted by Crippen LogP contribution is 2.39. The molecule has 0 radical (unpaired) electrons. The fourth-order valence-electron chi connectivity index (χ4n) is 2.16. The van der Waals surface area contributed by atoms with Crippen molar-refractivity contribution in [2.24, 2.45) is 0 Å². The van der Waals surface area contributed by atoms with E-state index in [1.165, 1.54) is 0 Å². The van der Waals surface area contributed by atoms with E-state index >= 15 is 0 Å². The van der Waals surface area contributed by atoms with E-state index in [2.05, 4.69) is 34.8 Å². The molecule has 0 spiro atoms. The molecular weight excluding hydrogens is 258 g/mol. The largest absolute Gasteiger partial charge is 0.465 e. The first-order valence-corrected chi connectivity index (χ1v) is 5.98. The average Bonchev–Trinajstić information content (AvgIpc) is 2.59. The Labute approximate surface area is 98.2 Å². The molecule has 2 unspecified atom stereocenters. The van der Waals surface area contributed by atoms with Crippen LogP contribution in [0.4, 0.5) is 0 Å². The zero-order valence-electron chi connectivity index (χ0n) is 9.03. The van der Waals surface area contributed by atoms with Crippen molar-refractivity contribution in [1.82, 2.24) is 4.90 Å². The number of rotatable bonds is 1. The Bertz CT molecular complexity index is 352. The Morgan fingerprint density at radius 2 is 2.40 bits per heavy atom. The summed E-state index contributed by atoms with van der Waals surface area (Å²) in [5, 5.41) is 10.6. The summed E-state index contributed by atoms with van der Waals surface area (Å²) in [5.74, 6) is 0.669. The number of hydrogen-bond acceptors (Lipinski definition) is 3. The van der Waals surface area contributed by atoms with Crippen LogP contribution in [0.3, 0.4) is 0 Å². The van der Waals surface area contributed by atoms with Crippen molar-refractivity contribution in [2.45, 2.75) is 31.4 Å². The van der Waals surface area contributed by atoms with Gasteiger partial charge in [-0.25, -0.2) is 0 Å². The molecule has 1 aliphatic heterocycles. The van der Waals surface area contributed by atoms with Crippen molar-refractivity contribution in [3.05, 3.63) is 22.6 Å². The van der Waals surface area contributed by atoms with Crippen LogP contribution in [0, 0.1) is 0 Å². The smallest absolute Gasteiger partial charge is 0.149 e. The van der Waals surface area contributed by atoms with E-state index in [0.29, 0.717) is 11.8 Å². The van der Waals surface area contributed by atoms with Gasteiger partial charge < -0.3 is 14.4 Å². The average molecular weight is 274 g/mol. The van der Waals surface area contributed by atoms with Crippen LogP contribution in [-0.4, -0.2) is 29.6 Å². The first kappa shape index (κ1) is 11.2. The van der Waals surface area contributed by atoms with Crippen LogP contribution < -0.4 is 0 Å². The van der Waals surface area contributed by atoms with Crippen molar-refractivity contribution in [3.63, 3.8) is 0 Å². The van der Waals surface area contributed by atoms with Crippen LogP contribution >= 0.6 is 15.9 Å². The topological polar surface area (TPSA) is 36.6 Å². The Hall–Kier alpha value is -0.320. The highest BCUT2D eigenvalue weighted by atomic mass is 79.9. The molecule has 0 aliphatic carbocycles. The molecule has 1 aliphatic rings. The lowest BCUT2D eigenvalue weighted by Gasteiger charge is -2.39. The minimum Gasteiger partial charge on any atom is -0.465 e. The summed E-state index contributed by atoms with van der Waals surface area (Å²) in [6, 6.07) is 2.21. The van der Waals surface area contributed by atoms with Crippen molar-refractivity contribution < 1.29 is 9.52 Å². The number of piperidine rings is 1. The molecule has 1 aromatic heterocycles. The summed E-state index contributed by atoms with van der Waals surface area (Å²) in [7, 11) is 2.08.